The van der Waals surface area contributed by atoms with Crippen molar-refractivity contribution in [1.82, 2.24) is 4.90 Å². The summed E-state index contributed by atoms with van der Waals surface area (Å²) in [4.78, 5) is 14.2. The van der Waals surface area contributed by atoms with E-state index in [1.807, 2.05) is 73.5 Å². The quantitative estimate of drug-likeness (QED) is 0.372. The molecule has 1 heterocycles. The Morgan fingerprint density at radius 2 is 1.90 bits per heavy atom. The Morgan fingerprint density at radius 1 is 1.16 bits per heavy atom. The fraction of sp³-hybridized carbons (Fsp3) is 0.423. The Kier molecular flexibility index (Phi) is 8.45. The molecule has 1 aliphatic rings. The van der Waals surface area contributed by atoms with Gasteiger partial charge in [-0.2, -0.15) is 0 Å². The van der Waals surface area contributed by atoms with Crippen LogP contribution in [0.5, 0.6) is 5.75 Å². The van der Waals surface area contributed by atoms with Crippen molar-refractivity contribution in [3.05, 3.63) is 65.7 Å². The molecule has 31 heavy (non-hydrogen) atoms. The number of rotatable bonds is 8. The number of aliphatic hydroxyl groups is 1. The van der Waals surface area contributed by atoms with E-state index in [9.17, 15) is 9.90 Å². The molecule has 1 N–H and O–H groups in total. The molecule has 0 aromatic heterocycles. The number of amides is 1. The van der Waals surface area contributed by atoms with Gasteiger partial charge in [-0.3, -0.25) is 4.79 Å². The highest BCUT2D eigenvalue weighted by molar-refractivity contribution is 8.00. The zero-order chi connectivity index (χ0) is 22.1. The van der Waals surface area contributed by atoms with E-state index in [1.165, 1.54) is 0 Å². The van der Waals surface area contributed by atoms with Crippen molar-refractivity contribution in [1.29, 1.82) is 0 Å². The monoisotopic (exact) mass is 437 g/mol. The van der Waals surface area contributed by atoms with Gasteiger partial charge in [0.05, 0.1) is 5.25 Å². The summed E-state index contributed by atoms with van der Waals surface area (Å²) < 4.78 is 6.06. The van der Waals surface area contributed by atoms with E-state index in [-0.39, 0.29) is 11.2 Å². The first-order chi connectivity index (χ1) is 15.0. The summed E-state index contributed by atoms with van der Waals surface area (Å²) in [6, 6.07) is 17.2. The van der Waals surface area contributed by atoms with Gasteiger partial charge in [0, 0.05) is 44.2 Å². The van der Waals surface area contributed by atoms with Crippen LogP contribution in [0.15, 0.2) is 54.6 Å². The molecule has 164 valence electrons. The van der Waals surface area contributed by atoms with Gasteiger partial charge in [0.25, 0.3) is 0 Å². The molecular formula is C26H31NO3S. The maximum Gasteiger partial charge on any atom is 0.235 e. The smallest absolute Gasteiger partial charge is 0.235 e. The first-order valence-electron chi connectivity index (χ1n) is 10.9. The number of hydrogen-bond donors (Lipinski definition) is 1. The molecule has 1 aliphatic heterocycles. The maximum atomic E-state index is 12.4. The van der Waals surface area contributed by atoms with E-state index in [2.05, 4.69) is 11.8 Å². The Morgan fingerprint density at radius 3 is 2.61 bits per heavy atom. The van der Waals surface area contributed by atoms with Gasteiger partial charge in [-0.05, 0) is 30.5 Å². The third-order valence-electron chi connectivity index (χ3n) is 5.37. The predicted molar refractivity (Wildman–Crippen MR) is 127 cm³/mol. The Labute approximate surface area is 190 Å². The van der Waals surface area contributed by atoms with Crippen molar-refractivity contribution >= 4 is 17.7 Å². The number of nitrogens with zero attached hydrogens (tertiary/aromatic N) is 1. The Balaban J connectivity index is 1.73. The summed E-state index contributed by atoms with van der Waals surface area (Å²) in [7, 11) is 1.87. The SMILES string of the molecule is CCC#CCCCC(O)(Oc1ccccc1)c1ccc(CC2SCCN(C)C2=O)cc1. The fourth-order valence-electron chi connectivity index (χ4n) is 3.59. The van der Waals surface area contributed by atoms with Gasteiger partial charge in [-0.1, -0.05) is 49.4 Å². The Hall–Kier alpha value is -2.42. The molecule has 4 nitrogen and oxygen atoms in total. The lowest BCUT2D eigenvalue weighted by molar-refractivity contribution is -0.152. The van der Waals surface area contributed by atoms with E-state index in [0.717, 1.165) is 37.1 Å². The van der Waals surface area contributed by atoms with Crippen LogP contribution >= 0.6 is 11.8 Å². The highest BCUT2D eigenvalue weighted by Gasteiger charge is 2.32. The van der Waals surface area contributed by atoms with E-state index in [4.69, 9.17) is 4.74 Å². The van der Waals surface area contributed by atoms with Crippen LogP contribution in [0.25, 0.3) is 0 Å². The molecule has 2 aromatic rings. The van der Waals surface area contributed by atoms with Crippen molar-refractivity contribution in [2.45, 2.75) is 50.1 Å². The second kappa shape index (κ2) is 11.3. The predicted octanol–water partition coefficient (Wildman–Crippen LogP) is 4.61. The zero-order valence-electron chi connectivity index (χ0n) is 18.3. The molecule has 0 radical (unpaired) electrons. The van der Waals surface area contributed by atoms with Crippen molar-refractivity contribution in [3.63, 3.8) is 0 Å². The molecule has 0 saturated carbocycles. The molecule has 0 spiro atoms. The largest absolute Gasteiger partial charge is 0.458 e. The molecule has 2 unspecified atom stereocenters. The minimum atomic E-state index is -1.43. The number of para-hydroxylation sites is 1. The first kappa shape index (κ1) is 23.2. The van der Waals surface area contributed by atoms with Gasteiger partial charge in [0.2, 0.25) is 11.7 Å². The summed E-state index contributed by atoms with van der Waals surface area (Å²) in [6.07, 6.45) is 3.43. The lowest BCUT2D eigenvalue weighted by Crippen LogP contribution is -2.41. The van der Waals surface area contributed by atoms with Crippen molar-refractivity contribution in [2.75, 3.05) is 19.3 Å². The number of hydrogen-bond acceptors (Lipinski definition) is 4. The van der Waals surface area contributed by atoms with Gasteiger partial charge in [0.15, 0.2) is 0 Å². The van der Waals surface area contributed by atoms with Gasteiger partial charge in [-0.15, -0.1) is 23.6 Å². The topological polar surface area (TPSA) is 49.8 Å². The van der Waals surface area contributed by atoms with Crippen LogP contribution in [0.2, 0.25) is 0 Å². The van der Waals surface area contributed by atoms with E-state index in [0.29, 0.717) is 24.2 Å². The summed E-state index contributed by atoms with van der Waals surface area (Å²) in [6.45, 7) is 2.84. The van der Waals surface area contributed by atoms with Crippen LogP contribution in [0.1, 0.15) is 43.7 Å². The van der Waals surface area contributed by atoms with Crippen LogP contribution in [-0.2, 0) is 17.0 Å². The minimum absolute atomic E-state index is 0.0406. The van der Waals surface area contributed by atoms with Crippen molar-refractivity contribution in [2.24, 2.45) is 0 Å². The minimum Gasteiger partial charge on any atom is -0.458 e. The van der Waals surface area contributed by atoms with Crippen LogP contribution in [0.3, 0.4) is 0 Å². The van der Waals surface area contributed by atoms with E-state index >= 15 is 0 Å². The summed E-state index contributed by atoms with van der Waals surface area (Å²) >= 11 is 1.72. The molecule has 0 aliphatic carbocycles. The highest BCUT2D eigenvalue weighted by atomic mass is 32.2. The van der Waals surface area contributed by atoms with Gasteiger partial charge < -0.3 is 14.7 Å². The van der Waals surface area contributed by atoms with Crippen molar-refractivity contribution in [3.8, 4) is 17.6 Å². The molecule has 2 atom stereocenters. The molecular weight excluding hydrogens is 406 g/mol. The van der Waals surface area contributed by atoms with Crippen LogP contribution in [0.4, 0.5) is 0 Å². The number of ether oxygens (including phenoxy) is 1. The average molecular weight is 438 g/mol. The normalized spacial score (nSPS) is 18.1. The number of carbonyl (C=O) groups is 1. The fourth-order valence-corrected chi connectivity index (χ4v) is 4.88. The van der Waals surface area contributed by atoms with Crippen molar-refractivity contribution < 1.29 is 14.6 Å². The first-order valence-corrected chi connectivity index (χ1v) is 11.9. The average Bonchev–Trinajstić information content (AvgIpc) is 2.78. The second-order valence-corrected chi connectivity index (χ2v) is 9.09. The van der Waals surface area contributed by atoms with Crippen LogP contribution in [0, 0.1) is 11.8 Å². The lowest BCUT2D eigenvalue weighted by Gasteiger charge is -2.30. The molecule has 1 fully saturated rings. The number of unbranched alkanes of at least 4 members (excludes halogenated alkanes) is 1. The van der Waals surface area contributed by atoms with Gasteiger partial charge in [0.1, 0.15) is 5.75 Å². The number of benzene rings is 2. The maximum absolute atomic E-state index is 12.4. The second-order valence-electron chi connectivity index (χ2n) is 7.78. The molecule has 3 rings (SSSR count). The standard InChI is InChI=1S/C26H31NO3S/c1-3-4-5-6-10-17-26(29,30-23-11-8-7-9-12-23)22-15-13-21(14-16-22)20-24-25(28)27(2)18-19-31-24/h7-9,11-16,24,29H,3,6,10,17-20H2,1-2H3. The van der Waals surface area contributed by atoms with Crippen LogP contribution < -0.4 is 4.74 Å². The summed E-state index contributed by atoms with van der Waals surface area (Å²) in [5.41, 5.74) is 1.80. The highest BCUT2D eigenvalue weighted by Crippen LogP contribution is 2.32. The summed E-state index contributed by atoms with van der Waals surface area (Å²) in [5.74, 6) is 6.56. The number of thioether (sulfide) groups is 1. The van der Waals surface area contributed by atoms with E-state index in [1.54, 1.807) is 11.8 Å². The molecule has 0 bridgehead atoms. The third kappa shape index (κ3) is 6.53. The van der Waals surface area contributed by atoms with Gasteiger partial charge >= 0.3 is 0 Å². The number of carbonyl (C=O) groups excluding carboxylic acids is 1. The molecule has 1 saturated heterocycles. The lowest BCUT2D eigenvalue weighted by atomic mass is 9.97. The van der Waals surface area contributed by atoms with Crippen LogP contribution in [-0.4, -0.2) is 40.5 Å². The van der Waals surface area contributed by atoms with Gasteiger partial charge in [-0.25, -0.2) is 0 Å². The molecule has 1 amide bonds. The molecule has 2 aromatic carbocycles. The Bertz CT molecular complexity index is 904. The van der Waals surface area contributed by atoms with E-state index < -0.39 is 5.79 Å². The zero-order valence-corrected chi connectivity index (χ0v) is 19.2. The molecule has 5 heteroatoms. The summed E-state index contributed by atoms with van der Waals surface area (Å²) in [5, 5.41) is 11.4. The third-order valence-corrected chi connectivity index (χ3v) is 6.56.